The Bertz CT molecular complexity index is 3330. The van der Waals surface area contributed by atoms with Gasteiger partial charge in [-0.05, 0) is 132 Å². The molecule has 1 aromatic heterocycles. The van der Waals surface area contributed by atoms with Crippen LogP contribution >= 0.6 is 11.3 Å². The van der Waals surface area contributed by atoms with E-state index in [4.69, 9.17) is 9.47 Å². The lowest BCUT2D eigenvalue weighted by Gasteiger charge is -2.42. The van der Waals surface area contributed by atoms with Crippen molar-refractivity contribution in [2.45, 2.75) is 105 Å². The summed E-state index contributed by atoms with van der Waals surface area (Å²) in [5.74, 6) is 3.50. The highest BCUT2D eigenvalue weighted by atomic mass is 32.1. The molecule has 8 aromatic rings. The molecule has 0 N–H and O–H groups in total. The van der Waals surface area contributed by atoms with Gasteiger partial charge in [-0.25, -0.2) is 0 Å². The Labute approximate surface area is 401 Å². The Morgan fingerprint density at radius 2 is 0.866 bits per heavy atom. The standard InChI is InChI=1S/C60H58B2N2O2S/c1-57(2,3)35-27-36(58(4,5)6)30-39(29-35)63-45-21-15-14-20-42(45)61-43-33-44-51(34-50(43)65-48-24-17-22-46(63)53(48)61)66-49-25-18-23-47-54(49)62(44)56-55(41-19-13-16-26-52(41)67-56)64(47)40-31-37(59(7,8)9)28-38(32-40)60(10,11)12/h13-34H,1-12H3. The van der Waals surface area contributed by atoms with Gasteiger partial charge in [0.2, 0.25) is 0 Å². The number of nitrogens with zero attached hydrogens (tertiary/aromatic N) is 2. The van der Waals surface area contributed by atoms with Crippen LogP contribution in [0, 0.1) is 0 Å². The first-order valence-electron chi connectivity index (χ1n) is 24.1. The minimum Gasteiger partial charge on any atom is -0.458 e. The van der Waals surface area contributed by atoms with E-state index in [-0.39, 0.29) is 35.1 Å². The van der Waals surface area contributed by atoms with Gasteiger partial charge in [-0.3, -0.25) is 0 Å². The molecule has 0 unspecified atom stereocenters. The maximum absolute atomic E-state index is 7.13. The molecule has 0 aliphatic carbocycles. The third kappa shape index (κ3) is 6.47. The van der Waals surface area contributed by atoms with Gasteiger partial charge in [-0.15, -0.1) is 11.3 Å². The summed E-state index contributed by atoms with van der Waals surface area (Å²) in [5.41, 5.74) is 18.4. The second-order valence-corrected chi connectivity index (χ2v) is 24.5. The van der Waals surface area contributed by atoms with E-state index in [2.05, 4.69) is 226 Å². The molecule has 7 aromatic carbocycles. The first-order valence-corrected chi connectivity index (χ1v) is 24.9. The second kappa shape index (κ2) is 14.2. The van der Waals surface area contributed by atoms with E-state index in [0.717, 1.165) is 28.7 Å². The molecule has 0 radical (unpaired) electrons. The SMILES string of the molecule is CC(C)(C)c1cc(N2c3ccccc3B3c4cc5c(cc4Oc4cccc2c43)Oc2cccc3c2B5c2sc4ccccc4c2N3c2cc(C(C)(C)C)cc(C(C)(C)C)c2)cc(C(C)(C)C)c1. The fourth-order valence-corrected chi connectivity index (χ4v) is 12.3. The molecule has 7 heteroatoms. The number of hydrogen-bond donors (Lipinski definition) is 0. The lowest BCUT2D eigenvalue weighted by atomic mass is 9.32. The predicted octanol–water partition coefficient (Wildman–Crippen LogP) is 12.9. The number of para-hydroxylation sites is 1. The average molecular weight is 893 g/mol. The lowest BCUT2D eigenvalue weighted by molar-refractivity contribution is 0.465. The van der Waals surface area contributed by atoms with Crippen molar-refractivity contribution in [1.82, 2.24) is 0 Å². The third-order valence-corrected chi connectivity index (χ3v) is 16.0. The maximum Gasteiger partial charge on any atom is 0.268 e. The topological polar surface area (TPSA) is 24.9 Å². The quantitative estimate of drug-likeness (QED) is 0.161. The maximum atomic E-state index is 7.13. The number of hydrogen-bond acceptors (Lipinski definition) is 5. The summed E-state index contributed by atoms with van der Waals surface area (Å²) in [6.07, 6.45) is 0. The number of ether oxygens (including phenoxy) is 2. The first-order chi connectivity index (χ1) is 31.7. The molecule has 0 saturated carbocycles. The molecule has 0 saturated heterocycles. The summed E-state index contributed by atoms with van der Waals surface area (Å²) < 4.78 is 16.8. The number of anilines is 6. The average Bonchev–Trinajstić information content (AvgIpc) is 3.66. The van der Waals surface area contributed by atoms with E-state index in [1.165, 1.54) is 92.9 Å². The number of thiophene rings is 1. The van der Waals surface area contributed by atoms with Crippen molar-refractivity contribution in [1.29, 1.82) is 0 Å². The molecule has 5 heterocycles. The molecule has 4 aliphatic rings. The minimum atomic E-state index is -0.0462. The second-order valence-electron chi connectivity index (χ2n) is 23.5. The van der Waals surface area contributed by atoms with Crippen LogP contribution in [0.4, 0.5) is 34.1 Å². The number of benzene rings is 7. The van der Waals surface area contributed by atoms with Crippen molar-refractivity contribution >= 4 is 101 Å². The molecule has 0 bridgehead atoms. The number of rotatable bonds is 2. The summed E-state index contributed by atoms with van der Waals surface area (Å²) >= 11 is 1.92. The van der Waals surface area contributed by atoms with Crippen LogP contribution in [0.25, 0.3) is 10.1 Å². The van der Waals surface area contributed by atoms with Gasteiger partial charge in [0.05, 0.1) is 5.69 Å². The molecular weight excluding hydrogens is 834 g/mol. The van der Waals surface area contributed by atoms with Crippen LogP contribution in [0.5, 0.6) is 23.0 Å². The largest absolute Gasteiger partial charge is 0.458 e. The van der Waals surface area contributed by atoms with Crippen LogP contribution in [0.15, 0.2) is 133 Å². The zero-order chi connectivity index (χ0) is 46.7. The summed E-state index contributed by atoms with van der Waals surface area (Å²) in [4.78, 5) is 5.05. The van der Waals surface area contributed by atoms with Gasteiger partial charge in [0.15, 0.2) is 0 Å². The van der Waals surface area contributed by atoms with Crippen LogP contribution in [-0.4, -0.2) is 13.4 Å². The van der Waals surface area contributed by atoms with E-state index in [9.17, 15) is 0 Å². The Morgan fingerprint density at radius 3 is 1.43 bits per heavy atom. The van der Waals surface area contributed by atoms with Gasteiger partial charge in [-0.1, -0.05) is 150 Å². The zero-order valence-electron chi connectivity index (χ0n) is 41.0. The normalized spacial score (nSPS) is 14.7. The molecule has 0 spiro atoms. The van der Waals surface area contributed by atoms with Crippen LogP contribution in [0.1, 0.15) is 105 Å². The van der Waals surface area contributed by atoms with Gasteiger partial charge >= 0.3 is 0 Å². The Balaban J connectivity index is 1.07. The van der Waals surface area contributed by atoms with Gasteiger partial charge in [0.1, 0.15) is 23.0 Å². The van der Waals surface area contributed by atoms with E-state index in [0.29, 0.717) is 0 Å². The molecule has 4 aliphatic heterocycles. The van der Waals surface area contributed by atoms with Gasteiger partial charge < -0.3 is 19.3 Å². The Kier molecular flexibility index (Phi) is 8.93. The van der Waals surface area contributed by atoms with Gasteiger partial charge in [0.25, 0.3) is 13.4 Å². The van der Waals surface area contributed by atoms with Crippen molar-refractivity contribution in [3.05, 3.63) is 156 Å². The minimum absolute atomic E-state index is 0.0259. The van der Waals surface area contributed by atoms with E-state index >= 15 is 0 Å². The summed E-state index contributed by atoms with van der Waals surface area (Å²) in [7, 11) is 0. The summed E-state index contributed by atoms with van der Waals surface area (Å²) in [6, 6.07) is 50.4. The molecule has 12 rings (SSSR count). The molecule has 0 amide bonds. The summed E-state index contributed by atoms with van der Waals surface area (Å²) in [5, 5.41) is 1.27. The molecule has 67 heavy (non-hydrogen) atoms. The van der Waals surface area contributed by atoms with Crippen molar-refractivity contribution in [2.75, 3.05) is 9.80 Å². The van der Waals surface area contributed by atoms with Crippen molar-refractivity contribution < 1.29 is 9.47 Å². The fraction of sp³-hybridized carbons (Fsp3) is 0.267. The highest BCUT2D eigenvalue weighted by molar-refractivity contribution is 7.33. The molecule has 0 fully saturated rings. The molecule has 332 valence electrons. The monoisotopic (exact) mass is 892 g/mol. The van der Waals surface area contributed by atoms with Gasteiger partial charge in [0, 0.05) is 49.4 Å². The van der Waals surface area contributed by atoms with E-state index < -0.39 is 0 Å². The van der Waals surface area contributed by atoms with E-state index in [1.807, 2.05) is 11.3 Å². The summed E-state index contributed by atoms with van der Waals surface area (Å²) in [6.45, 7) is 27.8. The van der Waals surface area contributed by atoms with Gasteiger partial charge in [-0.2, -0.15) is 0 Å². The molecular formula is C60H58B2N2O2S. The lowest BCUT2D eigenvalue weighted by Crippen LogP contribution is -2.62. The van der Waals surface area contributed by atoms with Crippen LogP contribution in [0.2, 0.25) is 0 Å². The molecule has 4 nitrogen and oxygen atoms in total. The van der Waals surface area contributed by atoms with Crippen molar-refractivity contribution in [2.24, 2.45) is 0 Å². The van der Waals surface area contributed by atoms with Crippen molar-refractivity contribution in [3.8, 4) is 23.0 Å². The Morgan fingerprint density at radius 1 is 0.403 bits per heavy atom. The first kappa shape index (κ1) is 42.2. The zero-order valence-corrected chi connectivity index (χ0v) is 41.8. The Hall–Kier alpha value is -6.17. The highest BCUT2D eigenvalue weighted by Gasteiger charge is 2.48. The van der Waals surface area contributed by atoms with Crippen LogP contribution in [-0.2, 0) is 21.7 Å². The third-order valence-electron chi connectivity index (χ3n) is 14.7. The predicted molar refractivity (Wildman–Crippen MR) is 288 cm³/mol. The molecule has 0 atom stereocenters. The highest BCUT2D eigenvalue weighted by Crippen LogP contribution is 2.49. The van der Waals surface area contributed by atoms with Crippen molar-refractivity contribution in [3.63, 3.8) is 0 Å². The van der Waals surface area contributed by atoms with E-state index in [1.54, 1.807) is 0 Å². The fourth-order valence-electron chi connectivity index (χ4n) is 11.0. The number of fused-ring (bicyclic) bond motifs is 10. The van der Waals surface area contributed by atoms with Crippen LogP contribution < -0.4 is 51.4 Å². The van der Waals surface area contributed by atoms with Crippen LogP contribution in [0.3, 0.4) is 0 Å². The smallest absolute Gasteiger partial charge is 0.268 e.